The number of nitrogens with zero attached hydrogens (tertiary/aromatic N) is 2. The highest BCUT2D eigenvalue weighted by Crippen LogP contribution is 2.40. The quantitative estimate of drug-likeness (QED) is 0.249. The summed E-state index contributed by atoms with van der Waals surface area (Å²) in [5, 5.41) is 20.5. The number of hydrogen-bond donors (Lipinski definition) is 3. The number of allylic oxidation sites excluding steroid dienone is 1. The molecule has 1 saturated heterocycles. The fraction of sp³-hybridized carbons (Fsp3) is 0.258. The van der Waals surface area contributed by atoms with E-state index >= 15 is 0 Å². The van der Waals surface area contributed by atoms with Gasteiger partial charge >= 0.3 is 5.97 Å². The van der Waals surface area contributed by atoms with Crippen LogP contribution in [0.5, 0.6) is 5.75 Å². The maximum absolute atomic E-state index is 13.8. The SMILES string of the molecule is CN/C=C(\C=N)c1cc(Cl)c(C(=O)N2COc3c(cccc3-c3ccc(C(=O)O)c(N4CCC(F)(F)CC4)c3)C2)c(Cl)c1. The summed E-state index contributed by atoms with van der Waals surface area (Å²) in [6.45, 7) is 0.183. The van der Waals surface area contributed by atoms with Gasteiger partial charge in [0.2, 0.25) is 0 Å². The molecule has 1 amide bonds. The van der Waals surface area contributed by atoms with E-state index in [1.165, 1.54) is 11.0 Å². The van der Waals surface area contributed by atoms with Crippen LogP contribution in [0.2, 0.25) is 10.0 Å². The number of aromatic carboxylic acids is 1. The fourth-order valence-electron chi connectivity index (χ4n) is 5.31. The number of amides is 1. The van der Waals surface area contributed by atoms with Gasteiger partial charge in [0.05, 0.1) is 33.4 Å². The standard InChI is InChI=1S/C31H28Cl2F2N4O4/c1-37-15-21(14-36)20-11-24(32)27(25(33)12-20)29(40)39-16-19-3-2-4-22(28(19)43-17-39)18-5-6-23(30(41)42)26(13-18)38-9-7-31(34,35)8-10-38/h2-6,11-15,36-37H,7-10,16-17H2,1H3,(H,41,42)/b21-15+,36-14?. The molecule has 0 bridgehead atoms. The van der Waals surface area contributed by atoms with E-state index in [1.807, 2.05) is 12.1 Å². The van der Waals surface area contributed by atoms with Gasteiger partial charge in [-0.1, -0.05) is 47.5 Å². The minimum Gasteiger partial charge on any atom is -0.478 e. The van der Waals surface area contributed by atoms with Crippen LogP contribution in [-0.2, 0) is 6.54 Å². The molecular formula is C31H28Cl2F2N4O4. The molecule has 2 aliphatic rings. The summed E-state index contributed by atoms with van der Waals surface area (Å²) in [6.07, 6.45) is 2.07. The summed E-state index contributed by atoms with van der Waals surface area (Å²) in [5.41, 5.74) is 3.68. The van der Waals surface area contributed by atoms with E-state index in [0.29, 0.717) is 39.3 Å². The number of anilines is 1. The number of benzene rings is 3. The number of carboxylic acids is 1. The first-order valence-electron chi connectivity index (χ1n) is 13.4. The lowest BCUT2D eigenvalue weighted by Gasteiger charge is -2.34. The molecule has 0 radical (unpaired) electrons. The van der Waals surface area contributed by atoms with Crippen molar-refractivity contribution in [2.75, 3.05) is 31.8 Å². The van der Waals surface area contributed by atoms with Crippen molar-refractivity contribution in [2.45, 2.75) is 25.3 Å². The molecule has 0 saturated carbocycles. The Balaban J connectivity index is 1.43. The highest BCUT2D eigenvalue weighted by atomic mass is 35.5. The Morgan fingerprint density at radius 2 is 1.79 bits per heavy atom. The molecule has 0 unspecified atom stereocenters. The Bertz CT molecular complexity index is 1610. The minimum atomic E-state index is -2.77. The predicted octanol–water partition coefficient (Wildman–Crippen LogP) is 6.80. The molecule has 3 aromatic carbocycles. The Morgan fingerprint density at radius 3 is 2.42 bits per heavy atom. The van der Waals surface area contributed by atoms with Crippen LogP contribution in [0.1, 0.15) is 44.7 Å². The van der Waals surface area contributed by atoms with Gasteiger partial charge in [0.1, 0.15) is 5.75 Å². The number of carbonyl (C=O) groups is 2. The third kappa shape index (κ3) is 6.16. The average Bonchev–Trinajstić information content (AvgIpc) is 2.98. The van der Waals surface area contributed by atoms with Gasteiger partial charge in [0.15, 0.2) is 6.73 Å². The molecule has 0 atom stereocenters. The number of alkyl halides is 2. The van der Waals surface area contributed by atoms with Crippen LogP contribution in [-0.4, -0.2) is 60.9 Å². The van der Waals surface area contributed by atoms with E-state index in [-0.39, 0.29) is 60.4 Å². The zero-order valence-corrected chi connectivity index (χ0v) is 24.6. The van der Waals surface area contributed by atoms with Crippen LogP contribution in [0, 0.1) is 5.41 Å². The van der Waals surface area contributed by atoms with Gasteiger partial charge in [-0.15, -0.1) is 0 Å². The van der Waals surface area contributed by atoms with Crippen LogP contribution in [0.3, 0.4) is 0 Å². The molecule has 8 nitrogen and oxygen atoms in total. The van der Waals surface area contributed by atoms with Crippen molar-refractivity contribution >= 4 is 52.6 Å². The lowest BCUT2D eigenvalue weighted by Crippen LogP contribution is -2.40. The lowest BCUT2D eigenvalue weighted by atomic mass is 9.96. The van der Waals surface area contributed by atoms with Crippen LogP contribution < -0.4 is 15.0 Å². The van der Waals surface area contributed by atoms with Crippen molar-refractivity contribution in [3.05, 3.63) is 87.0 Å². The van der Waals surface area contributed by atoms with Gasteiger partial charge in [-0.25, -0.2) is 13.6 Å². The van der Waals surface area contributed by atoms with Gasteiger partial charge in [-0.05, 0) is 35.4 Å². The second kappa shape index (κ2) is 12.2. The van der Waals surface area contributed by atoms with Crippen molar-refractivity contribution in [1.82, 2.24) is 10.2 Å². The van der Waals surface area contributed by atoms with E-state index < -0.39 is 17.8 Å². The zero-order valence-electron chi connectivity index (χ0n) is 23.1. The van der Waals surface area contributed by atoms with Crippen molar-refractivity contribution < 1.29 is 28.2 Å². The lowest BCUT2D eigenvalue weighted by molar-refractivity contribution is -0.0220. The first-order chi connectivity index (χ1) is 20.5. The van der Waals surface area contributed by atoms with Gasteiger partial charge in [-0.2, -0.15) is 0 Å². The summed E-state index contributed by atoms with van der Waals surface area (Å²) in [7, 11) is 1.70. The van der Waals surface area contributed by atoms with E-state index in [4.69, 9.17) is 33.3 Å². The monoisotopic (exact) mass is 628 g/mol. The first-order valence-corrected chi connectivity index (χ1v) is 14.2. The van der Waals surface area contributed by atoms with E-state index in [9.17, 15) is 23.5 Å². The summed E-state index contributed by atoms with van der Waals surface area (Å²) < 4.78 is 33.7. The van der Waals surface area contributed by atoms with E-state index in [2.05, 4.69) is 5.32 Å². The number of halogens is 4. The van der Waals surface area contributed by atoms with Crippen LogP contribution in [0.4, 0.5) is 14.5 Å². The average molecular weight is 629 g/mol. The molecule has 2 heterocycles. The van der Waals surface area contributed by atoms with E-state index in [1.54, 1.807) is 48.5 Å². The van der Waals surface area contributed by atoms with Crippen molar-refractivity contribution in [3.63, 3.8) is 0 Å². The van der Waals surface area contributed by atoms with Gasteiger partial charge < -0.3 is 30.4 Å². The van der Waals surface area contributed by atoms with Gasteiger partial charge in [0, 0.05) is 62.1 Å². The van der Waals surface area contributed by atoms with Crippen molar-refractivity contribution in [2.24, 2.45) is 0 Å². The maximum Gasteiger partial charge on any atom is 0.337 e. The molecule has 43 heavy (non-hydrogen) atoms. The minimum absolute atomic E-state index is 0.0328. The number of nitrogens with one attached hydrogen (secondary N) is 2. The third-order valence-corrected chi connectivity index (χ3v) is 8.13. The molecule has 3 aromatic rings. The van der Waals surface area contributed by atoms with Crippen molar-refractivity contribution in [1.29, 1.82) is 5.41 Å². The van der Waals surface area contributed by atoms with Gasteiger partial charge in [0.25, 0.3) is 11.8 Å². The molecule has 3 N–H and O–H groups in total. The highest BCUT2D eigenvalue weighted by molar-refractivity contribution is 6.40. The van der Waals surface area contributed by atoms with E-state index in [0.717, 1.165) is 6.21 Å². The molecule has 0 spiro atoms. The topological polar surface area (TPSA) is 106 Å². The number of para-hydroxylation sites is 1. The maximum atomic E-state index is 13.8. The number of fused-ring (bicyclic) bond motifs is 1. The summed E-state index contributed by atoms with van der Waals surface area (Å²) in [6, 6.07) is 13.4. The Kier molecular flexibility index (Phi) is 8.62. The summed E-state index contributed by atoms with van der Waals surface area (Å²) >= 11 is 13.0. The molecule has 0 aromatic heterocycles. The highest BCUT2D eigenvalue weighted by Gasteiger charge is 2.35. The molecule has 224 valence electrons. The number of piperidine rings is 1. The number of rotatable bonds is 7. The molecular weight excluding hydrogens is 601 g/mol. The largest absolute Gasteiger partial charge is 0.478 e. The second-order valence-electron chi connectivity index (χ2n) is 10.3. The molecule has 2 aliphatic heterocycles. The first kappa shape index (κ1) is 30.3. The molecule has 5 rings (SSSR count). The fourth-order valence-corrected chi connectivity index (χ4v) is 5.96. The van der Waals surface area contributed by atoms with Crippen LogP contribution in [0.15, 0.2) is 54.7 Å². The second-order valence-corrected chi connectivity index (χ2v) is 11.1. The normalized spacial score (nSPS) is 16.3. The Morgan fingerprint density at radius 1 is 1.09 bits per heavy atom. The summed E-state index contributed by atoms with van der Waals surface area (Å²) in [5.74, 6) is -3.80. The molecule has 1 fully saturated rings. The van der Waals surface area contributed by atoms with Crippen molar-refractivity contribution in [3.8, 4) is 16.9 Å². The summed E-state index contributed by atoms with van der Waals surface area (Å²) in [4.78, 5) is 28.6. The predicted molar refractivity (Wildman–Crippen MR) is 163 cm³/mol. The smallest absolute Gasteiger partial charge is 0.337 e. The number of carboxylic acid groups (broad SMARTS) is 1. The number of carbonyl (C=O) groups excluding carboxylic acids is 1. The molecule has 12 heteroatoms. The van der Waals surface area contributed by atoms with Crippen LogP contribution in [0.25, 0.3) is 16.7 Å². The van der Waals surface area contributed by atoms with Crippen LogP contribution >= 0.6 is 23.2 Å². The molecule has 0 aliphatic carbocycles. The Hall–Kier alpha value is -4.15. The number of ether oxygens (including phenoxy) is 1. The zero-order chi connectivity index (χ0) is 30.9. The number of hydrogen-bond acceptors (Lipinski definition) is 6. The Labute approximate surface area is 257 Å². The third-order valence-electron chi connectivity index (χ3n) is 7.53. The van der Waals surface area contributed by atoms with Gasteiger partial charge in [-0.3, -0.25) is 4.79 Å².